The van der Waals surface area contributed by atoms with Gasteiger partial charge in [0.05, 0.1) is 5.52 Å². The summed E-state index contributed by atoms with van der Waals surface area (Å²) in [6.07, 6.45) is 2.58. The summed E-state index contributed by atoms with van der Waals surface area (Å²) in [7, 11) is 0. The highest BCUT2D eigenvalue weighted by molar-refractivity contribution is 6.31. The lowest BCUT2D eigenvalue weighted by Gasteiger charge is -2.09. The van der Waals surface area contributed by atoms with Gasteiger partial charge in [0.1, 0.15) is 12.1 Å². The lowest BCUT2D eigenvalue weighted by Crippen LogP contribution is -1.96. The lowest BCUT2D eigenvalue weighted by molar-refractivity contribution is 1.14. The first kappa shape index (κ1) is 15.5. The van der Waals surface area contributed by atoms with E-state index in [-0.39, 0.29) is 12.4 Å². The molecular formula is C16H15Cl2N3. The fraction of sp³-hybridized carbons (Fsp3) is 0.125. The summed E-state index contributed by atoms with van der Waals surface area (Å²) in [5.41, 5.74) is 3.16. The van der Waals surface area contributed by atoms with Crippen molar-refractivity contribution in [2.75, 3.05) is 5.32 Å². The van der Waals surface area contributed by atoms with Gasteiger partial charge < -0.3 is 5.32 Å². The van der Waals surface area contributed by atoms with Crippen molar-refractivity contribution < 1.29 is 0 Å². The van der Waals surface area contributed by atoms with Gasteiger partial charge in [0.2, 0.25) is 0 Å². The predicted octanol–water partition coefficient (Wildman–Crippen LogP) is 5.01. The number of aromatic nitrogens is 2. The van der Waals surface area contributed by atoms with E-state index < -0.39 is 0 Å². The minimum Gasteiger partial charge on any atom is -0.340 e. The van der Waals surface area contributed by atoms with E-state index in [1.54, 1.807) is 6.33 Å². The summed E-state index contributed by atoms with van der Waals surface area (Å²) in [5.74, 6) is 0.788. The fourth-order valence-electron chi connectivity index (χ4n) is 2.09. The summed E-state index contributed by atoms with van der Waals surface area (Å²) in [6.45, 7) is 2.14. The van der Waals surface area contributed by atoms with E-state index in [9.17, 15) is 0 Å². The Balaban J connectivity index is 0.00000161. The first-order valence-electron chi connectivity index (χ1n) is 6.52. The summed E-state index contributed by atoms with van der Waals surface area (Å²) in [6, 6.07) is 14.0. The lowest BCUT2D eigenvalue weighted by atomic mass is 10.1. The van der Waals surface area contributed by atoms with Gasteiger partial charge in [-0.05, 0) is 42.3 Å². The van der Waals surface area contributed by atoms with E-state index in [2.05, 4.69) is 46.5 Å². The second-order valence-corrected chi connectivity index (χ2v) is 5.00. The summed E-state index contributed by atoms with van der Waals surface area (Å²) >= 11 is 5.98. The highest BCUT2D eigenvalue weighted by Crippen LogP contribution is 2.25. The van der Waals surface area contributed by atoms with Gasteiger partial charge in [0.15, 0.2) is 0 Å². The van der Waals surface area contributed by atoms with E-state index >= 15 is 0 Å². The van der Waals surface area contributed by atoms with Gasteiger partial charge >= 0.3 is 0 Å². The molecule has 3 rings (SSSR count). The second-order valence-electron chi connectivity index (χ2n) is 4.56. The molecular weight excluding hydrogens is 305 g/mol. The minimum absolute atomic E-state index is 0. The number of halogens is 2. The molecule has 1 N–H and O–H groups in total. The van der Waals surface area contributed by atoms with Crippen LogP contribution in [0.2, 0.25) is 5.02 Å². The molecule has 1 aromatic heterocycles. The van der Waals surface area contributed by atoms with Crippen molar-refractivity contribution in [2.45, 2.75) is 13.3 Å². The maximum absolute atomic E-state index is 5.98. The Morgan fingerprint density at radius 3 is 2.52 bits per heavy atom. The zero-order valence-corrected chi connectivity index (χ0v) is 13.1. The monoisotopic (exact) mass is 319 g/mol. The van der Waals surface area contributed by atoms with Crippen LogP contribution >= 0.6 is 24.0 Å². The maximum atomic E-state index is 5.98. The topological polar surface area (TPSA) is 37.8 Å². The number of hydrogen-bond donors (Lipinski definition) is 1. The first-order valence-corrected chi connectivity index (χ1v) is 6.90. The molecule has 108 valence electrons. The third kappa shape index (κ3) is 3.43. The molecule has 1 heterocycles. The Bertz CT molecular complexity index is 742. The molecule has 0 aliphatic rings. The van der Waals surface area contributed by atoms with Crippen LogP contribution in [0.4, 0.5) is 11.5 Å². The van der Waals surface area contributed by atoms with Crippen LogP contribution in [0.1, 0.15) is 12.5 Å². The van der Waals surface area contributed by atoms with Crippen LogP contribution in [0, 0.1) is 0 Å². The highest BCUT2D eigenvalue weighted by Gasteiger charge is 2.04. The van der Waals surface area contributed by atoms with Crippen LogP contribution in [0.25, 0.3) is 10.9 Å². The molecule has 2 aromatic carbocycles. The van der Waals surface area contributed by atoms with Crippen LogP contribution in [-0.4, -0.2) is 9.97 Å². The molecule has 0 aliphatic heterocycles. The average Bonchev–Trinajstić information content (AvgIpc) is 2.48. The number of nitrogens with one attached hydrogen (secondary N) is 1. The summed E-state index contributed by atoms with van der Waals surface area (Å²) in [4.78, 5) is 8.55. The molecule has 0 radical (unpaired) electrons. The van der Waals surface area contributed by atoms with Gasteiger partial charge in [0.25, 0.3) is 0 Å². The Kier molecular flexibility index (Phi) is 4.99. The molecule has 0 amide bonds. The summed E-state index contributed by atoms with van der Waals surface area (Å²) in [5, 5.41) is 4.95. The van der Waals surface area contributed by atoms with Crippen LogP contribution in [0.15, 0.2) is 48.8 Å². The van der Waals surface area contributed by atoms with Gasteiger partial charge in [-0.2, -0.15) is 0 Å². The molecule has 0 spiro atoms. The van der Waals surface area contributed by atoms with Gasteiger partial charge in [-0.25, -0.2) is 9.97 Å². The Labute approximate surface area is 134 Å². The molecule has 0 saturated carbocycles. The van der Waals surface area contributed by atoms with Crippen molar-refractivity contribution in [3.63, 3.8) is 0 Å². The molecule has 3 nitrogen and oxygen atoms in total. The van der Waals surface area contributed by atoms with Crippen LogP contribution in [0.5, 0.6) is 0 Å². The second kappa shape index (κ2) is 6.74. The number of benzene rings is 2. The molecule has 5 heteroatoms. The van der Waals surface area contributed by atoms with Gasteiger partial charge in [-0.3, -0.25) is 0 Å². The highest BCUT2D eigenvalue weighted by atomic mass is 35.5. The summed E-state index contributed by atoms with van der Waals surface area (Å²) < 4.78 is 0. The average molecular weight is 320 g/mol. The Morgan fingerprint density at radius 1 is 1.05 bits per heavy atom. The van der Waals surface area contributed by atoms with E-state index in [0.29, 0.717) is 5.02 Å². The Hall–Kier alpha value is -1.84. The van der Waals surface area contributed by atoms with Crippen molar-refractivity contribution in [1.82, 2.24) is 9.97 Å². The zero-order valence-electron chi connectivity index (χ0n) is 11.5. The van der Waals surface area contributed by atoms with Crippen molar-refractivity contribution in [2.24, 2.45) is 0 Å². The number of rotatable bonds is 3. The minimum atomic E-state index is 0. The molecule has 0 bridgehead atoms. The Morgan fingerprint density at radius 2 is 1.81 bits per heavy atom. The molecule has 0 fully saturated rings. The van der Waals surface area contributed by atoms with Gasteiger partial charge in [-0.1, -0.05) is 30.7 Å². The van der Waals surface area contributed by atoms with Crippen LogP contribution < -0.4 is 5.32 Å². The standard InChI is InChI=1S/C16H14ClN3.ClH/c1-2-11-3-6-13(7-4-11)20-16-14-8-5-12(17)9-15(14)18-10-19-16;/h3-10H,2H2,1H3,(H,18,19,20);1H. The molecule has 0 atom stereocenters. The van der Waals surface area contributed by atoms with Crippen molar-refractivity contribution in [1.29, 1.82) is 0 Å². The van der Waals surface area contributed by atoms with E-state index in [4.69, 9.17) is 11.6 Å². The fourth-order valence-corrected chi connectivity index (χ4v) is 2.26. The van der Waals surface area contributed by atoms with Crippen LogP contribution in [-0.2, 0) is 6.42 Å². The number of aryl methyl sites for hydroxylation is 1. The van der Waals surface area contributed by atoms with Crippen molar-refractivity contribution in [3.05, 3.63) is 59.4 Å². The SMILES string of the molecule is CCc1ccc(Nc2ncnc3cc(Cl)ccc23)cc1.Cl. The molecule has 3 aromatic rings. The molecule has 0 saturated heterocycles. The predicted molar refractivity (Wildman–Crippen MR) is 90.9 cm³/mol. The third-order valence-corrected chi connectivity index (χ3v) is 3.46. The van der Waals surface area contributed by atoms with E-state index in [1.807, 2.05) is 18.2 Å². The number of nitrogens with zero attached hydrogens (tertiary/aromatic N) is 2. The first-order chi connectivity index (χ1) is 9.76. The third-order valence-electron chi connectivity index (χ3n) is 3.22. The zero-order chi connectivity index (χ0) is 13.9. The normalized spacial score (nSPS) is 10.2. The number of fused-ring (bicyclic) bond motifs is 1. The smallest absolute Gasteiger partial charge is 0.141 e. The van der Waals surface area contributed by atoms with Crippen molar-refractivity contribution >= 4 is 46.4 Å². The molecule has 0 aliphatic carbocycles. The maximum Gasteiger partial charge on any atom is 0.141 e. The largest absolute Gasteiger partial charge is 0.340 e. The molecule has 0 unspecified atom stereocenters. The van der Waals surface area contributed by atoms with Gasteiger partial charge in [0, 0.05) is 16.1 Å². The van der Waals surface area contributed by atoms with Gasteiger partial charge in [-0.15, -0.1) is 12.4 Å². The molecule has 21 heavy (non-hydrogen) atoms. The van der Waals surface area contributed by atoms with E-state index in [1.165, 1.54) is 5.56 Å². The number of anilines is 2. The van der Waals surface area contributed by atoms with Crippen LogP contribution in [0.3, 0.4) is 0 Å². The number of hydrogen-bond acceptors (Lipinski definition) is 3. The van der Waals surface area contributed by atoms with E-state index in [0.717, 1.165) is 28.8 Å². The quantitative estimate of drug-likeness (QED) is 0.737. The van der Waals surface area contributed by atoms with Crippen molar-refractivity contribution in [3.8, 4) is 0 Å².